The van der Waals surface area contributed by atoms with Crippen LogP contribution in [0.4, 0.5) is 0 Å². The van der Waals surface area contributed by atoms with E-state index in [0.29, 0.717) is 11.1 Å². The second-order valence-electron chi connectivity index (χ2n) is 4.10. The van der Waals surface area contributed by atoms with Crippen LogP contribution >= 0.6 is 11.6 Å². The fourth-order valence-corrected chi connectivity index (χ4v) is 1.71. The number of halogens is 2. The van der Waals surface area contributed by atoms with Gasteiger partial charge in [0.15, 0.2) is 0 Å². The summed E-state index contributed by atoms with van der Waals surface area (Å²) in [4.78, 5) is 11.0. The fourth-order valence-electron chi connectivity index (χ4n) is 1.52. The van der Waals surface area contributed by atoms with Crippen LogP contribution in [0.15, 0.2) is 24.3 Å². The third-order valence-electron chi connectivity index (χ3n) is 1.98. The number of rotatable bonds is 3. The molecule has 0 aromatic heterocycles. The van der Waals surface area contributed by atoms with Crippen molar-refractivity contribution in [2.24, 2.45) is 0 Å². The molecule has 0 heterocycles. The smallest absolute Gasteiger partial charge is 0.261 e. The standard InChI is InChI=1S/C11H15ClN2O.BrH/c1-9(15)13-14(2,3)8-10-6-4-5-7-11(10)12;/h4-7H,8H2,1-3H3;1H. The molecule has 0 aliphatic rings. The van der Waals surface area contributed by atoms with Crippen molar-refractivity contribution in [3.63, 3.8) is 0 Å². The van der Waals surface area contributed by atoms with Crippen molar-refractivity contribution in [2.75, 3.05) is 14.1 Å². The molecular weight excluding hydrogens is 291 g/mol. The summed E-state index contributed by atoms with van der Waals surface area (Å²) in [5.74, 6) is -0.0490. The summed E-state index contributed by atoms with van der Waals surface area (Å²) >= 11 is 6.04. The fraction of sp³-hybridized carbons (Fsp3) is 0.364. The highest BCUT2D eigenvalue weighted by Crippen LogP contribution is 2.17. The average molecular weight is 308 g/mol. The molecule has 0 saturated heterocycles. The Labute approximate surface area is 112 Å². The zero-order valence-corrected chi connectivity index (χ0v) is 12.0. The number of nitrogens with zero attached hydrogens (tertiary/aromatic N) is 1. The summed E-state index contributed by atoms with van der Waals surface area (Å²) in [6.45, 7) is 2.17. The zero-order valence-electron chi connectivity index (χ0n) is 9.63. The molecule has 3 nitrogen and oxygen atoms in total. The monoisotopic (exact) mass is 306 g/mol. The molecule has 5 heteroatoms. The lowest BCUT2D eigenvalue weighted by molar-refractivity contribution is -0.938. The topological polar surface area (TPSA) is 29.1 Å². The second-order valence-corrected chi connectivity index (χ2v) is 4.51. The van der Waals surface area contributed by atoms with Gasteiger partial charge in [-0.05, 0) is 6.07 Å². The van der Waals surface area contributed by atoms with Gasteiger partial charge in [0, 0.05) is 17.5 Å². The molecule has 1 rings (SSSR count). The average Bonchev–Trinajstić information content (AvgIpc) is 2.06. The summed E-state index contributed by atoms with van der Waals surface area (Å²) in [6, 6.07) is 7.65. The molecule has 0 aliphatic carbocycles. The van der Waals surface area contributed by atoms with E-state index < -0.39 is 0 Å². The Kier molecular flexibility index (Phi) is 6.00. The van der Waals surface area contributed by atoms with Gasteiger partial charge < -0.3 is 17.0 Å². The van der Waals surface area contributed by atoms with E-state index in [9.17, 15) is 4.79 Å². The maximum absolute atomic E-state index is 11.0. The van der Waals surface area contributed by atoms with Crippen LogP contribution < -0.4 is 22.4 Å². The second kappa shape index (κ2) is 6.23. The molecule has 90 valence electrons. The summed E-state index contributed by atoms with van der Waals surface area (Å²) in [5, 5.41) is 0.731. The molecule has 1 aromatic rings. The van der Waals surface area contributed by atoms with Crippen LogP contribution in [0.2, 0.25) is 5.02 Å². The van der Waals surface area contributed by atoms with Crippen LogP contribution in [-0.4, -0.2) is 24.6 Å². The molecule has 1 amide bonds. The number of carbonyl (C=O) groups excluding carboxylic acids is 1. The van der Waals surface area contributed by atoms with E-state index in [2.05, 4.69) is 5.43 Å². The first-order valence-electron chi connectivity index (χ1n) is 4.76. The first-order chi connectivity index (χ1) is 6.91. The third kappa shape index (κ3) is 4.96. The van der Waals surface area contributed by atoms with Gasteiger partial charge >= 0.3 is 0 Å². The highest BCUT2D eigenvalue weighted by molar-refractivity contribution is 6.31. The van der Waals surface area contributed by atoms with Crippen molar-refractivity contribution >= 4 is 17.5 Å². The van der Waals surface area contributed by atoms with Gasteiger partial charge in [-0.15, -0.1) is 0 Å². The molecule has 0 saturated carbocycles. The van der Waals surface area contributed by atoms with E-state index >= 15 is 0 Å². The molecule has 0 fully saturated rings. The molecule has 1 aromatic carbocycles. The summed E-state index contributed by atoms with van der Waals surface area (Å²) in [7, 11) is 3.84. The zero-order chi connectivity index (χ0) is 11.5. The maximum Gasteiger partial charge on any atom is 0.261 e. The summed E-state index contributed by atoms with van der Waals surface area (Å²) in [6.07, 6.45) is 0. The van der Waals surface area contributed by atoms with Crippen LogP contribution in [0, 0.1) is 0 Å². The summed E-state index contributed by atoms with van der Waals surface area (Å²) < 4.78 is 0.388. The van der Waals surface area contributed by atoms with Crippen molar-refractivity contribution in [3.05, 3.63) is 34.9 Å². The van der Waals surface area contributed by atoms with Crippen molar-refractivity contribution in [1.82, 2.24) is 5.43 Å². The van der Waals surface area contributed by atoms with E-state index in [1.165, 1.54) is 6.92 Å². The lowest BCUT2D eigenvalue weighted by Crippen LogP contribution is -3.00. The lowest BCUT2D eigenvalue weighted by atomic mass is 10.2. The maximum atomic E-state index is 11.0. The predicted octanol–water partition coefficient (Wildman–Crippen LogP) is -1.03. The quantitative estimate of drug-likeness (QED) is 0.562. The number of carbonyl (C=O) groups is 1. The van der Waals surface area contributed by atoms with Gasteiger partial charge in [0.1, 0.15) is 6.54 Å². The van der Waals surface area contributed by atoms with Gasteiger partial charge in [-0.25, -0.2) is 10.0 Å². The van der Waals surface area contributed by atoms with Gasteiger partial charge in [-0.2, -0.15) is 0 Å². The van der Waals surface area contributed by atoms with E-state index in [4.69, 9.17) is 11.6 Å². The number of nitrogens with one attached hydrogen (secondary N) is 1. The first-order valence-corrected chi connectivity index (χ1v) is 5.14. The number of quaternary nitrogens is 1. The molecule has 0 radical (unpaired) electrons. The van der Waals surface area contributed by atoms with Gasteiger partial charge in [0.05, 0.1) is 14.1 Å². The minimum atomic E-state index is -0.0490. The van der Waals surface area contributed by atoms with Crippen LogP contribution in [0.5, 0.6) is 0 Å². The molecule has 0 atom stereocenters. The minimum absolute atomic E-state index is 0. The number of hydrogen-bond acceptors (Lipinski definition) is 1. The Hall–Kier alpha value is -0.580. The Morgan fingerprint density at radius 2 is 1.94 bits per heavy atom. The highest BCUT2D eigenvalue weighted by Gasteiger charge is 2.18. The largest absolute Gasteiger partial charge is 1.00 e. The Bertz CT molecular complexity index is 369. The van der Waals surface area contributed by atoms with E-state index in [-0.39, 0.29) is 22.9 Å². The van der Waals surface area contributed by atoms with Gasteiger partial charge in [0.2, 0.25) is 0 Å². The predicted molar refractivity (Wildman–Crippen MR) is 61.1 cm³/mol. The Morgan fingerprint density at radius 3 is 2.44 bits per heavy atom. The molecule has 0 bridgehead atoms. The van der Waals surface area contributed by atoms with Crippen LogP contribution in [0.3, 0.4) is 0 Å². The highest BCUT2D eigenvalue weighted by atomic mass is 79.9. The molecule has 16 heavy (non-hydrogen) atoms. The van der Waals surface area contributed by atoms with Crippen LogP contribution in [0.1, 0.15) is 12.5 Å². The number of amides is 1. The van der Waals surface area contributed by atoms with E-state index in [1.807, 2.05) is 38.4 Å². The van der Waals surface area contributed by atoms with Crippen molar-refractivity contribution < 1.29 is 26.4 Å². The summed E-state index contributed by atoms with van der Waals surface area (Å²) in [5.41, 5.74) is 3.86. The van der Waals surface area contributed by atoms with Crippen molar-refractivity contribution in [2.45, 2.75) is 13.5 Å². The third-order valence-corrected chi connectivity index (χ3v) is 2.35. The van der Waals surface area contributed by atoms with Gasteiger partial charge in [-0.3, -0.25) is 4.79 Å². The Balaban J connectivity index is 0.00000225. The van der Waals surface area contributed by atoms with Crippen LogP contribution in [0.25, 0.3) is 0 Å². The molecular formula is C11H16BrClN2O. The van der Waals surface area contributed by atoms with E-state index in [0.717, 1.165) is 10.6 Å². The number of benzene rings is 1. The Morgan fingerprint density at radius 1 is 1.38 bits per heavy atom. The first kappa shape index (κ1) is 15.4. The lowest BCUT2D eigenvalue weighted by Gasteiger charge is -2.28. The van der Waals surface area contributed by atoms with Gasteiger partial charge in [0.25, 0.3) is 5.91 Å². The minimum Gasteiger partial charge on any atom is -1.00 e. The SMILES string of the molecule is CC(=O)N[N+](C)(C)Cc1ccccc1Cl.[Br-]. The van der Waals surface area contributed by atoms with Crippen molar-refractivity contribution in [3.8, 4) is 0 Å². The molecule has 1 N–H and O–H groups in total. The molecule has 0 spiro atoms. The normalized spacial score (nSPS) is 10.5. The molecule has 0 aliphatic heterocycles. The number of hydrogen-bond donors (Lipinski definition) is 1. The van der Waals surface area contributed by atoms with E-state index in [1.54, 1.807) is 0 Å². The van der Waals surface area contributed by atoms with Crippen LogP contribution in [-0.2, 0) is 11.3 Å². The molecule has 0 unspecified atom stereocenters. The van der Waals surface area contributed by atoms with Crippen molar-refractivity contribution in [1.29, 1.82) is 0 Å². The van der Waals surface area contributed by atoms with Gasteiger partial charge in [-0.1, -0.05) is 29.8 Å².